The molecule has 3 atom stereocenters. The highest BCUT2D eigenvalue weighted by Crippen LogP contribution is 2.44. The summed E-state index contributed by atoms with van der Waals surface area (Å²) < 4.78 is 11.9. The van der Waals surface area contributed by atoms with Crippen LogP contribution in [-0.4, -0.2) is 41.8 Å². The summed E-state index contributed by atoms with van der Waals surface area (Å²) in [5.41, 5.74) is 4.73. The SMILES string of the molecule is CCOC(=O)C(c1cccnc1C1CCC1)C1CC[C@@H](OCCCCc2ccc3c(n2)NCCC3)C1. The Labute approximate surface area is 215 Å². The maximum atomic E-state index is 13.1. The van der Waals surface area contributed by atoms with Gasteiger partial charge in [-0.15, -0.1) is 0 Å². The number of pyridine rings is 2. The van der Waals surface area contributed by atoms with E-state index >= 15 is 0 Å². The Balaban J connectivity index is 1.12. The molecule has 2 unspecified atom stereocenters. The summed E-state index contributed by atoms with van der Waals surface area (Å²) in [4.78, 5) is 22.7. The summed E-state index contributed by atoms with van der Waals surface area (Å²) in [6.07, 6.45) is 14.0. The number of hydrogen-bond donors (Lipinski definition) is 1. The molecule has 0 radical (unpaired) electrons. The number of ether oxygens (including phenoxy) is 2. The lowest BCUT2D eigenvalue weighted by Crippen LogP contribution is -2.26. The van der Waals surface area contributed by atoms with Crippen LogP contribution in [0.2, 0.25) is 0 Å². The number of hydrogen-bond acceptors (Lipinski definition) is 6. The zero-order valence-corrected chi connectivity index (χ0v) is 21.7. The smallest absolute Gasteiger partial charge is 0.313 e. The van der Waals surface area contributed by atoms with Gasteiger partial charge in [-0.2, -0.15) is 0 Å². The minimum Gasteiger partial charge on any atom is -0.466 e. The van der Waals surface area contributed by atoms with Gasteiger partial charge >= 0.3 is 5.97 Å². The largest absolute Gasteiger partial charge is 0.466 e. The standard InChI is InChI=1S/C30H41N3O3/c1-2-35-30(34)27(26-12-7-17-31-28(26)21-8-5-9-21)23-14-16-25(20-23)36-19-4-3-11-24-15-13-22-10-6-18-32-29(22)33-24/h7,12-13,15,17,21,23,25,27H,2-6,8-11,14,16,18-20H2,1H3,(H,32,33)/t23?,25-,27?/m1/s1. The van der Waals surface area contributed by atoms with Gasteiger partial charge in [0.25, 0.3) is 0 Å². The molecule has 2 aromatic heterocycles. The van der Waals surface area contributed by atoms with E-state index in [1.54, 1.807) is 0 Å². The molecule has 0 saturated heterocycles. The number of carbonyl (C=O) groups is 1. The van der Waals surface area contributed by atoms with E-state index in [0.29, 0.717) is 12.5 Å². The van der Waals surface area contributed by atoms with Crippen molar-refractivity contribution >= 4 is 11.8 Å². The first kappa shape index (κ1) is 25.2. The molecule has 5 rings (SSSR count). The predicted molar refractivity (Wildman–Crippen MR) is 141 cm³/mol. The lowest BCUT2D eigenvalue weighted by atomic mass is 9.76. The van der Waals surface area contributed by atoms with E-state index in [2.05, 4.69) is 23.5 Å². The van der Waals surface area contributed by atoms with Crippen LogP contribution in [0.3, 0.4) is 0 Å². The number of unbranched alkanes of at least 4 members (excludes halogenated alkanes) is 1. The Bertz CT molecular complexity index is 1020. The van der Waals surface area contributed by atoms with E-state index in [1.807, 2.05) is 19.2 Å². The van der Waals surface area contributed by atoms with Gasteiger partial charge < -0.3 is 14.8 Å². The lowest BCUT2D eigenvalue weighted by molar-refractivity contribution is -0.146. The first-order chi connectivity index (χ1) is 17.7. The molecule has 6 nitrogen and oxygen atoms in total. The molecule has 6 heteroatoms. The molecule has 3 aliphatic rings. The Hall–Kier alpha value is -2.47. The number of anilines is 1. The van der Waals surface area contributed by atoms with E-state index in [9.17, 15) is 4.79 Å². The first-order valence-corrected chi connectivity index (χ1v) is 14.2. The third-order valence-corrected chi connectivity index (χ3v) is 8.27. The average Bonchev–Trinajstić information content (AvgIpc) is 3.32. The second-order valence-electron chi connectivity index (χ2n) is 10.7. The Morgan fingerprint density at radius 3 is 2.89 bits per heavy atom. The van der Waals surface area contributed by atoms with Crippen molar-refractivity contribution in [3.05, 3.63) is 53.0 Å². The molecule has 36 heavy (non-hydrogen) atoms. The van der Waals surface area contributed by atoms with Crippen molar-refractivity contribution in [3.8, 4) is 0 Å². The van der Waals surface area contributed by atoms with Crippen molar-refractivity contribution in [1.82, 2.24) is 9.97 Å². The number of carbonyl (C=O) groups excluding carboxylic acids is 1. The zero-order valence-electron chi connectivity index (χ0n) is 21.7. The lowest BCUT2D eigenvalue weighted by Gasteiger charge is -2.30. The summed E-state index contributed by atoms with van der Waals surface area (Å²) in [6.45, 7) is 4.10. The molecule has 0 spiro atoms. The number of nitrogens with zero attached hydrogens (tertiary/aromatic N) is 2. The van der Waals surface area contributed by atoms with Gasteiger partial charge in [-0.05, 0) is 100 Å². The molecule has 2 aromatic rings. The van der Waals surface area contributed by atoms with Crippen LogP contribution in [-0.2, 0) is 27.1 Å². The van der Waals surface area contributed by atoms with Gasteiger partial charge in [0, 0.05) is 36.7 Å². The maximum absolute atomic E-state index is 13.1. The highest BCUT2D eigenvalue weighted by atomic mass is 16.5. The van der Waals surface area contributed by atoms with Gasteiger partial charge in [0.1, 0.15) is 5.82 Å². The van der Waals surface area contributed by atoms with Crippen LogP contribution in [0.5, 0.6) is 0 Å². The summed E-state index contributed by atoms with van der Waals surface area (Å²) in [7, 11) is 0. The van der Waals surface area contributed by atoms with Crippen molar-refractivity contribution in [3.63, 3.8) is 0 Å². The highest BCUT2D eigenvalue weighted by Gasteiger charge is 2.39. The van der Waals surface area contributed by atoms with Crippen molar-refractivity contribution < 1.29 is 14.3 Å². The van der Waals surface area contributed by atoms with E-state index in [4.69, 9.17) is 19.4 Å². The maximum Gasteiger partial charge on any atom is 0.313 e. The molecule has 0 amide bonds. The average molecular weight is 492 g/mol. The molecule has 0 aromatic carbocycles. The van der Waals surface area contributed by atoms with Gasteiger partial charge in [0.05, 0.1) is 18.6 Å². The number of rotatable bonds is 11. The molecule has 3 heterocycles. The molecule has 2 aliphatic carbocycles. The Kier molecular flexibility index (Phi) is 8.52. The van der Waals surface area contributed by atoms with Gasteiger partial charge in [-0.1, -0.05) is 18.6 Å². The molecular formula is C30H41N3O3. The van der Waals surface area contributed by atoms with E-state index < -0.39 is 0 Å². The van der Waals surface area contributed by atoms with Crippen LogP contribution >= 0.6 is 0 Å². The van der Waals surface area contributed by atoms with Crippen molar-refractivity contribution in [2.45, 2.75) is 95.5 Å². The number of nitrogens with one attached hydrogen (secondary N) is 1. The minimum absolute atomic E-state index is 0.0937. The van der Waals surface area contributed by atoms with Crippen LogP contribution in [0.15, 0.2) is 30.5 Å². The van der Waals surface area contributed by atoms with Gasteiger partial charge in [0.2, 0.25) is 0 Å². The van der Waals surface area contributed by atoms with Crippen molar-refractivity contribution in [2.75, 3.05) is 25.1 Å². The quantitative estimate of drug-likeness (QED) is 0.309. The van der Waals surface area contributed by atoms with Crippen LogP contribution in [0.25, 0.3) is 0 Å². The number of fused-ring (bicyclic) bond motifs is 1. The number of esters is 1. The zero-order chi connectivity index (χ0) is 24.7. The molecule has 2 fully saturated rings. The van der Waals surface area contributed by atoms with Crippen LogP contribution in [0.1, 0.15) is 99.1 Å². The molecule has 1 aliphatic heterocycles. The van der Waals surface area contributed by atoms with Gasteiger partial charge in [0.15, 0.2) is 0 Å². The Morgan fingerprint density at radius 2 is 2.06 bits per heavy atom. The summed E-state index contributed by atoms with van der Waals surface area (Å²) >= 11 is 0. The van der Waals surface area contributed by atoms with Gasteiger partial charge in [-0.3, -0.25) is 9.78 Å². The fourth-order valence-corrected chi connectivity index (χ4v) is 6.11. The van der Waals surface area contributed by atoms with Crippen LogP contribution in [0, 0.1) is 5.92 Å². The second kappa shape index (κ2) is 12.2. The monoisotopic (exact) mass is 491 g/mol. The predicted octanol–water partition coefficient (Wildman–Crippen LogP) is 5.96. The summed E-state index contributed by atoms with van der Waals surface area (Å²) in [5.74, 6) is 1.50. The second-order valence-corrected chi connectivity index (χ2v) is 10.7. The van der Waals surface area contributed by atoms with Crippen LogP contribution in [0.4, 0.5) is 5.82 Å². The molecule has 1 N–H and O–H groups in total. The fourth-order valence-electron chi connectivity index (χ4n) is 6.11. The first-order valence-electron chi connectivity index (χ1n) is 14.2. The number of aromatic nitrogens is 2. The van der Waals surface area contributed by atoms with E-state index in [-0.39, 0.29) is 23.9 Å². The van der Waals surface area contributed by atoms with Gasteiger partial charge in [-0.25, -0.2) is 4.98 Å². The third-order valence-electron chi connectivity index (χ3n) is 8.27. The molecule has 2 saturated carbocycles. The normalized spacial score (nSPS) is 22.4. The third kappa shape index (κ3) is 5.91. The Morgan fingerprint density at radius 1 is 1.14 bits per heavy atom. The van der Waals surface area contributed by atoms with Crippen molar-refractivity contribution in [2.24, 2.45) is 5.92 Å². The van der Waals surface area contributed by atoms with Crippen LogP contribution < -0.4 is 5.32 Å². The molecular weight excluding hydrogens is 450 g/mol. The molecule has 194 valence electrons. The summed E-state index contributed by atoms with van der Waals surface area (Å²) in [6, 6.07) is 8.50. The number of aryl methyl sites for hydroxylation is 2. The highest BCUT2D eigenvalue weighted by molar-refractivity contribution is 5.79. The van der Waals surface area contributed by atoms with Crippen molar-refractivity contribution in [1.29, 1.82) is 0 Å². The minimum atomic E-state index is -0.230. The topological polar surface area (TPSA) is 73.3 Å². The van der Waals surface area contributed by atoms with E-state index in [1.165, 1.54) is 36.9 Å². The van der Waals surface area contributed by atoms with E-state index in [0.717, 1.165) is 75.2 Å². The summed E-state index contributed by atoms with van der Waals surface area (Å²) in [5, 5.41) is 3.43. The fraction of sp³-hybridized carbons (Fsp3) is 0.633. The molecule has 0 bridgehead atoms.